The van der Waals surface area contributed by atoms with E-state index in [0.717, 1.165) is 24.7 Å². The first-order valence-corrected chi connectivity index (χ1v) is 6.75. The summed E-state index contributed by atoms with van der Waals surface area (Å²) >= 11 is 0. The number of nitrogen functional groups attached to an aromatic ring is 1. The van der Waals surface area contributed by atoms with Crippen molar-refractivity contribution >= 4 is 17.6 Å². The molecule has 1 aromatic heterocycles. The zero-order valence-electron chi connectivity index (χ0n) is 11.5. The standard InChI is InChI=1S/C13H23N5/c1-4-15-11-7-12(17-13(14)16-11)18-8-9(2)5-6-10(18)3/h7,9-10H,4-6,8H2,1-3H3,(H3,14,15,16,17). The molecule has 0 bridgehead atoms. The summed E-state index contributed by atoms with van der Waals surface area (Å²) in [6, 6.07) is 2.51. The second kappa shape index (κ2) is 5.42. The number of anilines is 3. The van der Waals surface area contributed by atoms with Crippen molar-refractivity contribution < 1.29 is 0 Å². The number of nitrogens with zero attached hydrogens (tertiary/aromatic N) is 3. The van der Waals surface area contributed by atoms with Gasteiger partial charge in [0, 0.05) is 25.2 Å². The third kappa shape index (κ3) is 2.83. The molecule has 2 unspecified atom stereocenters. The van der Waals surface area contributed by atoms with E-state index in [0.29, 0.717) is 17.9 Å². The summed E-state index contributed by atoms with van der Waals surface area (Å²) < 4.78 is 0. The minimum atomic E-state index is 0.342. The fraction of sp³-hybridized carbons (Fsp3) is 0.692. The Kier molecular flexibility index (Phi) is 3.89. The summed E-state index contributed by atoms with van der Waals surface area (Å²) in [6.45, 7) is 8.46. The SMILES string of the molecule is CCNc1cc(N2CC(C)CCC2C)nc(N)n1. The summed E-state index contributed by atoms with van der Waals surface area (Å²) in [5.41, 5.74) is 5.79. The molecular formula is C13H23N5. The van der Waals surface area contributed by atoms with Crippen molar-refractivity contribution in [2.24, 2.45) is 5.92 Å². The van der Waals surface area contributed by atoms with Gasteiger partial charge in [-0.1, -0.05) is 6.92 Å². The Hall–Kier alpha value is -1.52. The Balaban J connectivity index is 2.25. The molecule has 0 radical (unpaired) electrons. The molecule has 18 heavy (non-hydrogen) atoms. The Morgan fingerprint density at radius 2 is 2.17 bits per heavy atom. The number of aromatic nitrogens is 2. The first-order valence-electron chi connectivity index (χ1n) is 6.75. The van der Waals surface area contributed by atoms with Crippen molar-refractivity contribution in [1.82, 2.24) is 9.97 Å². The number of hydrogen-bond acceptors (Lipinski definition) is 5. The molecule has 100 valence electrons. The molecule has 2 atom stereocenters. The van der Waals surface area contributed by atoms with Gasteiger partial charge in [-0.05, 0) is 32.6 Å². The molecule has 5 heteroatoms. The van der Waals surface area contributed by atoms with Crippen LogP contribution in [0.3, 0.4) is 0 Å². The van der Waals surface area contributed by atoms with Crippen LogP contribution >= 0.6 is 0 Å². The van der Waals surface area contributed by atoms with Gasteiger partial charge in [-0.3, -0.25) is 0 Å². The highest BCUT2D eigenvalue weighted by Gasteiger charge is 2.24. The molecule has 1 aliphatic rings. The summed E-state index contributed by atoms with van der Waals surface area (Å²) in [5.74, 6) is 2.80. The van der Waals surface area contributed by atoms with Crippen LogP contribution in [0, 0.1) is 5.92 Å². The Labute approximate surface area is 109 Å². The van der Waals surface area contributed by atoms with Gasteiger partial charge in [-0.15, -0.1) is 0 Å². The van der Waals surface area contributed by atoms with Crippen molar-refractivity contribution in [3.63, 3.8) is 0 Å². The maximum atomic E-state index is 5.79. The van der Waals surface area contributed by atoms with E-state index < -0.39 is 0 Å². The molecule has 0 aliphatic carbocycles. The van der Waals surface area contributed by atoms with Crippen LogP contribution in [0.15, 0.2) is 6.07 Å². The quantitative estimate of drug-likeness (QED) is 0.859. The van der Waals surface area contributed by atoms with Crippen LogP contribution in [0.5, 0.6) is 0 Å². The van der Waals surface area contributed by atoms with Crippen molar-refractivity contribution in [2.75, 3.05) is 29.0 Å². The van der Waals surface area contributed by atoms with Crippen LogP contribution in [0.25, 0.3) is 0 Å². The highest BCUT2D eigenvalue weighted by Crippen LogP contribution is 2.27. The van der Waals surface area contributed by atoms with Crippen LogP contribution in [-0.2, 0) is 0 Å². The minimum Gasteiger partial charge on any atom is -0.370 e. The largest absolute Gasteiger partial charge is 0.370 e. The zero-order chi connectivity index (χ0) is 13.1. The monoisotopic (exact) mass is 249 g/mol. The van der Waals surface area contributed by atoms with Gasteiger partial charge >= 0.3 is 0 Å². The predicted molar refractivity (Wildman–Crippen MR) is 75.8 cm³/mol. The number of piperidine rings is 1. The maximum Gasteiger partial charge on any atom is 0.223 e. The van der Waals surface area contributed by atoms with E-state index in [-0.39, 0.29) is 0 Å². The smallest absolute Gasteiger partial charge is 0.223 e. The van der Waals surface area contributed by atoms with Gasteiger partial charge in [0.1, 0.15) is 11.6 Å². The average molecular weight is 249 g/mol. The molecule has 2 heterocycles. The molecule has 0 saturated carbocycles. The summed E-state index contributed by atoms with van der Waals surface area (Å²) in [4.78, 5) is 10.9. The van der Waals surface area contributed by atoms with Crippen LogP contribution in [-0.4, -0.2) is 29.1 Å². The van der Waals surface area contributed by atoms with E-state index in [1.165, 1.54) is 12.8 Å². The van der Waals surface area contributed by atoms with E-state index >= 15 is 0 Å². The lowest BCUT2D eigenvalue weighted by Gasteiger charge is -2.37. The average Bonchev–Trinajstić information content (AvgIpc) is 2.32. The summed E-state index contributed by atoms with van der Waals surface area (Å²) in [6.07, 6.45) is 2.50. The van der Waals surface area contributed by atoms with Crippen LogP contribution < -0.4 is 16.0 Å². The van der Waals surface area contributed by atoms with E-state index in [9.17, 15) is 0 Å². The Bertz CT molecular complexity index is 406. The maximum absolute atomic E-state index is 5.79. The van der Waals surface area contributed by atoms with Gasteiger partial charge in [-0.25, -0.2) is 0 Å². The predicted octanol–water partition coefficient (Wildman–Crippen LogP) is 2.12. The summed E-state index contributed by atoms with van der Waals surface area (Å²) in [7, 11) is 0. The van der Waals surface area contributed by atoms with Gasteiger partial charge in [0.25, 0.3) is 0 Å². The van der Waals surface area contributed by atoms with E-state index in [4.69, 9.17) is 5.73 Å². The molecule has 1 fully saturated rings. The van der Waals surface area contributed by atoms with Crippen molar-refractivity contribution in [3.05, 3.63) is 6.07 Å². The molecule has 1 saturated heterocycles. The van der Waals surface area contributed by atoms with Crippen molar-refractivity contribution in [1.29, 1.82) is 0 Å². The van der Waals surface area contributed by atoms with Crippen molar-refractivity contribution in [2.45, 2.75) is 39.7 Å². The fourth-order valence-electron chi connectivity index (χ4n) is 2.48. The third-order valence-corrected chi connectivity index (χ3v) is 3.50. The fourth-order valence-corrected chi connectivity index (χ4v) is 2.48. The minimum absolute atomic E-state index is 0.342. The number of rotatable bonds is 3. The molecule has 5 nitrogen and oxygen atoms in total. The molecule has 0 spiro atoms. The number of hydrogen-bond donors (Lipinski definition) is 2. The molecular weight excluding hydrogens is 226 g/mol. The summed E-state index contributed by atoms with van der Waals surface area (Å²) in [5, 5.41) is 3.20. The highest BCUT2D eigenvalue weighted by atomic mass is 15.2. The lowest BCUT2D eigenvalue weighted by Crippen LogP contribution is -2.41. The molecule has 0 amide bonds. The lowest BCUT2D eigenvalue weighted by molar-refractivity contribution is 0.388. The third-order valence-electron chi connectivity index (χ3n) is 3.50. The van der Waals surface area contributed by atoms with Gasteiger partial charge in [-0.2, -0.15) is 9.97 Å². The first-order chi connectivity index (χ1) is 8.60. The van der Waals surface area contributed by atoms with Crippen LogP contribution in [0.2, 0.25) is 0 Å². The van der Waals surface area contributed by atoms with Gasteiger partial charge in [0.2, 0.25) is 5.95 Å². The highest BCUT2D eigenvalue weighted by molar-refractivity contribution is 5.53. The Morgan fingerprint density at radius 3 is 2.89 bits per heavy atom. The first kappa shape index (κ1) is 12.9. The molecule has 2 rings (SSSR count). The Morgan fingerprint density at radius 1 is 1.39 bits per heavy atom. The molecule has 0 aromatic carbocycles. The second-order valence-electron chi connectivity index (χ2n) is 5.18. The van der Waals surface area contributed by atoms with Gasteiger partial charge < -0.3 is 16.0 Å². The van der Waals surface area contributed by atoms with Crippen LogP contribution in [0.1, 0.15) is 33.6 Å². The van der Waals surface area contributed by atoms with E-state index in [2.05, 4.69) is 34.0 Å². The normalized spacial score (nSPS) is 24.1. The van der Waals surface area contributed by atoms with Gasteiger partial charge in [0.05, 0.1) is 0 Å². The number of nitrogens with two attached hydrogens (primary N) is 1. The lowest BCUT2D eigenvalue weighted by atomic mass is 9.95. The molecule has 1 aliphatic heterocycles. The zero-order valence-corrected chi connectivity index (χ0v) is 11.5. The molecule has 1 aromatic rings. The van der Waals surface area contributed by atoms with E-state index in [1.54, 1.807) is 0 Å². The van der Waals surface area contributed by atoms with Crippen LogP contribution in [0.4, 0.5) is 17.6 Å². The number of nitrogens with one attached hydrogen (secondary N) is 1. The van der Waals surface area contributed by atoms with Crippen molar-refractivity contribution in [3.8, 4) is 0 Å². The topological polar surface area (TPSA) is 67.1 Å². The van der Waals surface area contributed by atoms with E-state index in [1.807, 2.05) is 13.0 Å². The second-order valence-corrected chi connectivity index (χ2v) is 5.18. The molecule has 3 N–H and O–H groups in total. The van der Waals surface area contributed by atoms with Gasteiger partial charge in [0.15, 0.2) is 0 Å².